The van der Waals surface area contributed by atoms with Gasteiger partial charge in [-0.3, -0.25) is 4.79 Å². The van der Waals surface area contributed by atoms with Gasteiger partial charge in [-0.15, -0.1) is 10.3 Å². The molecule has 0 aromatic carbocycles. The quantitative estimate of drug-likeness (QED) is 0.0386. The highest BCUT2D eigenvalue weighted by Crippen LogP contribution is 2.47. The van der Waals surface area contributed by atoms with Crippen LogP contribution in [0.2, 0.25) is 16.6 Å². The van der Waals surface area contributed by atoms with Gasteiger partial charge in [-0.25, -0.2) is 49.3 Å². The third-order valence-electron chi connectivity index (χ3n) is 20.9. The zero-order chi connectivity index (χ0) is 71.6. The number of amides is 1. The summed E-state index contributed by atoms with van der Waals surface area (Å²) in [4.78, 5) is 47.7. The number of sulfone groups is 2. The minimum absolute atomic E-state index is 0.121. The Morgan fingerprint density at radius 1 is 0.663 bits per heavy atom. The number of carbonyl (C=O) groups is 2. The van der Waals surface area contributed by atoms with Crippen LogP contribution >= 0.6 is 0 Å². The number of ether oxygens (including phenoxy) is 1. The van der Waals surface area contributed by atoms with Gasteiger partial charge in [-0.1, -0.05) is 62.3 Å². The number of hydrogen-bond acceptors (Lipinski definition) is 20. The Kier molecular flexibility index (Phi) is 21.7. The lowest BCUT2D eigenvalue weighted by molar-refractivity contribution is 0.00578. The van der Waals surface area contributed by atoms with Gasteiger partial charge < -0.3 is 47.8 Å². The number of Topliss-reactive ketones (excluding diaryl/α,β-unsaturated/α-hetero) is 1. The number of rotatable bonds is 21. The summed E-state index contributed by atoms with van der Waals surface area (Å²) in [5.41, 5.74) is 6.95. The molecule has 3 saturated carbocycles. The van der Waals surface area contributed by atoms with Crippen molar-refractivity contribution in [1.82, 2.24) is 33.5 Å². The molecule has 532 valence electrons. The van der Waals surface area contributed by atoms with Gasteiger partial charge in [0.15, 0.2) is 33.7 Å². The Morgan fingerprint density at radius 2 is 1.10 bits per heavy atom. The van der Waals surface area contributed by atoms with Gasteiger partial charge in [0.05, 0.1) is 45.9 Å². The van der Waals surface area contributed by atoms with E-state index in [0.717, 1.165) is 85.6 Å². The van der Waals surface area contributed by atoms with Crippen molar-refractivity contribution in [2.75, 3.05) is 28.8 Å². The number of nitrogens with one attached hydrogen (secondary N) is 2. The number of H-pyrrole nitrogens is 2. The Balaban J connectivity index is 0.000000174. The largest absolute Gasteiger partial charge is 0.585 e. The minimum Gasteiger partial charge on any atom is -0.443 e. The number of pyridine rings is 3. The van der Waals surface area contributed by atoms with Crippen molar-refractivity contribution in [3.63, 3.8) is 0 Å². The number of oxime groups is 2. The van der Waals surface area contributed by atoms with Gasteiger partial charge >= 0.3 is 27.4 Å². The molecule has 4 fully saturated rings. The molecule has 0 spiro atoms. The second-order valence-corrected chi connectivity index (χ2v) is 42.7. The van der Waals surface area contributed by atoms with Crippen LogP contribution in [0.4, 0.5) is 4.79 Å². The summed E-state index contributed by atoms with van der Waals surface area (Å²) in [6, 6.07) is 5.16. The van der Waals surface area contributed by atoms with Crippen molar-refractivity contribution in [2.24, 2.45) is 39.9 Å². The lowest BCUT2D eigenvalue weighted by atomic mass is 9.67. The highest BCUT2D eigenvalue weighted by molar-refractivity contribution is 7.91. The average Bonchev–Trinajstić information content (AvgIpc) is 1.50. The van der Waals surface area contributed by atoms with Gasteiger partial charge in [0.1, 0.15) is 22.5 Å². The standard InChI is InChI=1S/C35H58BN3O7SSi.2C16H20BN3O4S/c1-15-18-47(42,43)39(32(41)44-33(8,9)10)26-19-25(20-26)30(40)29-27-16-17-38(48(22(2)3,23(4)5)24(6)7)31(27)37-21-28(29)36-45-34(11,12)35(13,14)46-36;2*1-2-5-25(22,23)9-10-6-11(7-10)15-14-12-3-4-18-16(12)19-8-13(14)17(21)24-20-15/h16-17,21-26H,15,18-20H2,1-14H3;2*3-4,8,10-11,21H,2,5-7,9H2,1H3,(H,18,19). The zero-order valence-corrected chi connectivity index (χ0v) is 63.0. The van der Waals surface area contributed by atoms with Crippen LogP contribution in [0.15, 0.2) is 65.7 Å². The summed E-state index contributed by atoms with van der Waals surface area (Å²) < 4.78 is 107. The van der Waals surface area contributed by atoms with E-state index >= 15 is 0 Å². The molecule has 24 nitrogen and oxygen atoms in total. The zero-order valence-electron chi connectivity index (χ0n) is 59.6. The van der Waals surface area contributed by atoms with E-state index in [1.54, 1.807) is 58.7 Å². The van der Waals surface area contributed by atoms with Gasteiger partial charge in [0.25, 0.3) is 0 Å². The number of carbonyl (C=O) groups excluding carboxylic acids is 2. The second-order valence-electron chi connectivity index (χ2n) is 30.6. The molecule has 9 heterocycles. The average molecular weight is 1430 g/mol. The van der Waals surface area contributed by atoms with Crippen molar-refractivity contribution in [3.05, 3.63) is 72.1 Å². The number of hydrogen-bond donors (Lipinski definition) is 4. The molecule has 3 aliphatic heterocycles. The fourth-order valence-corrected chi connectivity index (χ4v) is 27.4. The van der Waals surface area contributed by atoms with E-state index in [2.05, 4.69) is 82.2 Å². The highest BCUT2D eigenvalue weighted by Gasteiger charge is 2.55. The molecule has 6 aromatic heterocycles. The summed E-state index contributed by atoms with van der Waals surface area (Å²) in [5.74, 6) is 0.824. The predicted molar refractivity (Wildman–Crippen MR) is 388 cm³/mol. The summed E-state index contributed by atoms with van der Waals surface area (Å²) >= 11 is 0. The van der Waals surface area contributed by atoms with E-state index in [9.17, 15) is 44.9 Å². The molecule has 6 aromatic rings. The van der Waals surface area contributed by atoms with Crippen LogP contribution in [-0.4, -0.2) is 173 Å². The fraction of sp³-hybridized carbons (Fsp3) is 0.627. The molecular formula is C67H98B3N9O15S3Si. The normalized spacial score (nSPS) is 22.2. The van der Waals surface area contributed by atoms with Crippen LogP contribution in [0.25, 0.3) is 33.1 Å². The first-order valence-electron chi connectivity index (χ1n) is 34.7. The second kappa shape index (κ2) is 28.5. The van der Waals surface area contributed by atoms with E-state index in [1.165, 1.54) is 0 Å². The first-order valence-corrected chi connectivity index (χ1v) is 42.1. The topological polar surface area (TPSA) is 326 Å². The van der Waals surface area contributed by atoms with Crippen LogP contribution in [0.1, 0.15) is 190 Å². The lowest BCUT2D eigenvalue weighted by Gasteiger charge is -2.44. The SMILES string of the molecule is CCCS(=O)(=O)CC1CC(C2=NOB(O)c3cnc4[nH]ccc4c32)C1.CCCS(=O)(=O)CC1CC(C2=NOB(O)c3cnc4[nH]ccc4c32)C1.CCCS(=O)(=O)N(C(=O)OC(C)(C)C)C1CC(C(=O)c2c(B3OC(C)(C)C(C)(C)O3)cnc3c2ccn3[Si](C(C)C)(C(C)C)C(C)C)C1. The molecule has 0 atom stereocenters. The van der Waals surface area contributed by atoms with Crippen LogP contribution in [0.5, 0.6) is 0 Å². The molecule has 4 N–H and O–H groups in total. The molecule has 0 radical (unpaired) electrons. The lowest BCUT2D eigenvalue weighted by Crippen LogP contribution is -2.54. The van der Waals surface area contributed by atoms with E-state index in [1.807, 2.05) is 59.7 Å². The smallest absolute Gasteiger partial charge is 0.443 e. The maximum Gasteiger partial charge on any atom is 0.585 e. The third-order valence-corrected chi connectivity index (χ3v) is 33.6. The predicted octanol–water partition coefficient (Wildman–Crippen LogP) is 8.97. The van der Waals surface area contributed by atoms with Gasteiger partial charge in [-0.2, -0.15) is 0 Å². The minimum atomic E-state index is -3.94. The van der Waals surface area contributed by atoms with Crippen LogP contribution < -0.4 is 16.4 Å². The summed E-state index contributed by atoms with van der Waals surface area (Å²) in [5, 5.41) is 31.0. The number of ketones is 1. The molecule has 1 saturated heterocycles. The molecule has 1 amide bonds. The molecule has 0 unspecified atom stereocenters. The number of aromatic amines is 2. The van der Waals surface area contributed by atoms with E-state index < -0.39 is 94.1 Å². The molecule has 3 aliphatic carbocycles. The number of sulfonamides is 1. The molecule has 98 heavy (non-hydrogen) atoms. The van der Waals surface area contributed by atoms with Crippen LogP contribution in [-0.2, 0) is 53.3 Å². The maximum atomic E-state index is 14.7. The van der Waals surface area contributed by atoms with E-state index in [-0.39, 0.29) is 71.1 Å². The van der Waals surface area contributed by atoms with E-state index in [4.69, 9.17) is 28.5 Å². The summed E-state index contributed by atoms with van der Waals surface area (Å²) in [6.07, 6.45) is 14.9. The molecule has 6 aliphatic rings. The molecule has 31 heteroatoms. The van der Waals surface area contributed by atoms with Crippen molar-refractivity contribution >= 4 is 132 Å². The van der Waals surface area contributed by atoms with Crippen molar-refractivity contribution in [1.29, 1.82) is 0 Å². The first-order chi connectivity index (χ1) is 45.9. The highest BCUT2D eigenvalue weighted by atomic mass is 32.2. The monoisotopic (exact) mass is 1430 g/mol. The van der Waals surface area contributed by atoms with Gasteiger partial charge in [0, 0.05) is 109 Å². The van der Waals surface area contributed by atoms with Crippen molar-refractivity contribution < 1.29 is 68.4 Å². The van der Waals surface area contributed by atoms with Gasteiger partial charge in [-0.05, 0) is 159 Å². The first kappa shape index (κ1) is 74.7. The third kappa shape index (κ3) is 14.7. The molecular weight excluding hydrogens is 1330 g/mol. The number of aromatic nitrogens is 6. The fourth-order valence-electron chi connectivity index (χ4n) is 15.7. The van der Waals surface area contributed by atoms with E-state index in [0.29, 0.717) is 57.8 Å². The van der Waals surface area contributed by atoms with Crippen molar-refractivity contribution in [2.45, 2.75) is 208 Å². The molecule has 0 bridgehead atoms. The van der Waals surface area contributed by atoms with Crippen LogP contribution in [0, 0.1) is 29.6 Å². The van der Waals surface area contributed by atoms with Crippen LogP contribution in [0.3, 0.4) is 0 Å². The Morgan fingerprint density at radius 3 is 1.52 bits per heavy atom. The number of fused-ring (bicyclic) bond motifs is 7. The maximum absolute atomic E-state index is 14.7. The Labute approximate surface area is 579 Å². The summed E-state index contributed by atoms with van der Waals surface area (Å²) in [7, 11) is -15.1. The Hall–Kier alpha value is -5.95. The molecule has 12 rings (SSSR count). The number of nitrogens with zero attached hydrogens (tertiary/aromatic N) is 7. The van der Waals surface area contributed by atoms with Crippen molar-refractivity contribution in [3.8, 4) is 0 Å². The van der Waals surface area contributed by atoms with Gasteiger partial charge in [0.2, 0.25) is 10.0 Å². The summed E-state index contributed by atoms with van der Waals surface area (Å²) in [6.45, 7) is 32.3. The Bertz CT molecular complexity index is 4170.